The predicted octanol–water partition coefficient (Wildman–Crippen LogP) is 3.33. The van der Waals surface area contributed by atoms with E-state index in [0.717, 1.165) is 44.9 Å². The number of unbranched alkanes of at least 4 members (excludes halogenated alkanes) is 12. The van der Waals surface area contributed by atoms with E-state index in [1.165, 1.54) is 57.8 Å². The van der Waals surface area contributed by atoms with E-state index in [4.69, 9.17) is 0 Å². The van der Waals surface area contributed by atoms with Crippen LogP contribution in [0.5, 0.6) is 0 Å². The molecule has 0 amide bonds. The van der Waals surface area contributed by atoms with Crippen molar-refractivity contribution in [1.29, 1.82) is 0 Å². The average Bonchev–Trinajstić information content (AvgIpc) is 2.61. The van der Waals surface area contributed by atoms with Gasteiger partial charge < -0.3 is 9.66 Å². The molecule has 0 spiro atoms. The quantitative estimate of drug-likeness (QED) is 0.183. The van der Waals surface area contributed by atoms with Crippen molar-refractivity contribution < 1.29 is 47.6 Å². The Hall–Kier alpha value is 0.870. The molecule has 2 unspecified atom stereocenters. The molecule has 0 aliphatic heterocycles. The van der Waals surface area contributed by atoms with Crippen LogP contribution < -0.4 is 29.6 Å². The molecule has 0 fully saturated rings. The fourth-order valence-corrected chi connectivity index (χ4v) is 4.53. The van der Waals surface area contributed by atoms with Crippen LogP contribution in [0.2, 0.25) is 0 Å². The first-order valence-corrected chi connectivity index (χ1v) is 13.0. The summed E-state index contributed by atoms with van der Waals surface area (Å²) in [5.74, 6) is 0. The number of hydrogen-bond acceptors (Lipinski definition) is 4. The molecule has 0 rings (SSSR count). The zero-order valence-corrected chi connectivity index (χ0v) is 21.8. The van der Waals surface area contributed by atoms with E-state index in [-0.39, 0.29) is 35.7 Å². The van der Waals surface area contributed by atoms with Crippen LogP contribution >= 0.6 is 0 Å². The molecule has 0 aromatic carbocycles. The first-order valence-electron chi connectivity index (χ1n) is 11.5. The van der Waals surface area contributed by atoms with Crippen LogP contribution in [0.25, 0.3) is 0 Å². The van der Waals surface area contributed by atoms with Crippen molar-refractivity contribution in [2.24, 2.45) is 0 Å². The maximum atomic E-state index is 11.0. The molecule has 28 heavy (non-hydrogen) atoms. The van der Waals surface area contributed by atoms with Crippen molar-refractivity contribution in [3.05, 3.63) is 0 Å². The second-order valence-electron chi connectivity index (χ2n) is 8.14. The first kappa shape index (κ1) is 31.1. The van der Waals surface area contributed by atoms with Crippen LogP contribution in [-0.2, 0) is 10.1 Å². The van der Waals surface area contributed by atoms with Gasteiger partial charge in [0, 0.05) is 5.25 Å². The van der Waals surface area contributed by atoms with E-state index in [1.807, 2.05) is 0 Å². The summed E-state index contributed by atoms with van der Waals surface area (Å²) in [5.41, 5.74) is 0. The Labute approximate surface area is 197 Å². The summed E-state index contributed by atoms with van der Waals surface area (Å²) in [6.45, 7) is 4.01. The molecule has 0 aromatic rings. The maximum absolute atomic E-state index is 11.0. The Kier molecular flexibility index (Phi) is 23.4. The summed E-state index contributed by atoms with van der Waals surface area (Å²) in [5, 5.41) is 9.32. The Morgan fingerprint density at radius 1 is 0.679 bits per heavy atom. The van der Waals surface area contributed by atoms with Crippen molar-refractivity contribution in [3.8, 4) is 0 Å². The molecule has 0 bridgehead atoms. The normalized spacial score (nSPS) is 13.9. The van der Waals surface area contributed by atoms with Gasteiger partial charge in [-0.05, 0) is 25.7 Å². The van der Waals surface area contributed by atoms with Crippen molar-refractivity contribution in [3.63, 3.8) is 0 Å². The fraction of sp³-hybridized carbons (Fsp3) is 1.00. The average molecular weight is 429 g/mol. The van der Waals surface area contributed by atoms with Crippen molar-refractivity contribution in [2.75, 3.05) is 0 Å². The summed E-state index contributed by atoms with van der Waals surface area (Å²) < 4.78 is 33.1. The third-order valence-electron chi connectivity index (χ3n) is 5.57. The minimum Gasteiger partial charge on any atom is -0.748 e. The van der Waals surface area contributed by atoms with Crippen LogP contribution in [0.15, 0.2) is 0 Å². The molecule has 0 heterocycles. The Balaban J connectivity index is 0. The molecule has 0 aromatic heterocycles. The Morgan fingerprint density at radius 2 is 1.04 bits per heavy atom. The predicted molar refractivity (Wildman–Crippen MR) is 114 cm³/mol. The van der Waals surface area contributed by atoms with Crippen molar-refractivity contribution >= 4 is 10.1 Å². The summed E-state index contributed by atoms with van der Waals surface area (Å²) in [7, 11) is -4.14. The van der Waals surface area contributed by atoms with Crippen LogP contribution in [0, 0.1) is 0 Å². The second-order valence-corrected chi connectivity index (χ2v) is 9.79. The summed E-state index contributed by atoms with van der Waals surface area (Å²) in [4.78, 5) is 0. The fourth-order valence-electron chi connectivity index (χ4n) is 3.67. The van der Waals surface area contributed by atoms with E-state index in [9.17, 15) is 18.1 Å². The third-order valence-corrected chi connectivity index (χ3v) is 6.95. The number of aliphatic hydroxyl groups excluding tert-OH is 1. The molecular weight excluding hydrogens is 383 g/mol. The third kappa shape index (κ3) is 20.2. The van der Waals surface area contributed by atoms with Gasteiger partial charge in [-0.25, -0.2) is 8.42 Å². The zero-order valence-electron chi connectivity index (χ0n) is 19.0. The van der Waals surface area contributed by atoms with E-state index >= 15 is 0 Å². The van der Waals surface area contributed by atoms with Crippen molar-refractivity contribution in [1.82, 2.24) is 0 Å². The van der Waals surface area contributed by atoms with Gasteiger partial charge in [0.15, 0.2) is 0 Å². The van der Waals surface area contributed by atoms with Gasteiger partial charge >= 0.3 is 29.6 Å². The van der Waals surface area contributed by atoms with Gasteiger partial charge in [0.25, 0.3) is 0 Å². The number of hydrogen-bond donors (Lipinski definition) is 1. The van der Waals surface area contributed by atoms with Crippen LogP contribution in [0.1, 0.15) is 129 Å². The summed E-state index contributed by atoms with van der Waals surface area (Å²) in [6.07, 6.45) is 19.3. The molecular formula is C22H45NaO4S. The molecule has 0 saturated heterocycles. The Bertz CT molecular complexity index is 415. The SMILES string of the molecule is CCCCCCCCCCCCC(O)CCCCCCC(CC)S(=O)(=O)[O-].[Na+]. The molecule has 0 aliphatic carbocycles. The van der Waals surface area contributed by atoms with Gasteiger partial charge in [-0.15, -0.1) is 0 Å². The van der Waals surface area contributed by atoms with E-state index < -0.39 is 15.4 Å². The summed E-state index contributed by atoms with van der Waals surface area (Å²) in [6, 6.07) is 0. The van der Waals surface area contributed by atoms with Gasteiger partial charge in [-0.2, -0.15) is 0 Å². The second kappa shape index (κ2) is 21.1. The molecule has 0 saturated carbocycles. The van der Waals surface area contributed by atoms with E-state index in [0.29, 0.717) is 12.8 Å². The molecule has 2 atom stereocenters. The zero-order chi connectivity index (χ0) is 20.4. The van der Waals surface area contributed by atoms with Gasteiger partial charge in [0.2, 0.25) is 0 Å². The first-order chi connectivity index (χ1) is 12.9. The molecule has 4 nitrogen and oxygen atoms in total. The van der Waals surface area contributed by atoms with Gasteiger partial charge in [-0.1, -0.05) is 104 Å². The van der Waals surface area contributed by atoms with Crippen LogP contribution in [-0.4, -0.2) is 29.4 Å². The largest absolute Gasteiger partial charge is 1.00 e. The molecule has 0 radical (unpaired) electrons. The van der Waals surface area contributed by atoms with Gasteiger partial charge in [-0.3, -0.25) is 0 Å². The van der Waals surface area contributed by atoms with E-state index in [1.54, 1.807) is 6.92 Å². The van der Waals surface area contributed by atoms with Crippen LogP contribution in [0.3, 0.4) is 0 Å². The van der Waals surface area contributed by atoms with Crippen LogP contribution in [0.4, 0.5) is 0 Å². The molecule has 164 valence electrons. The van der Waals surface area contributed by atoms with Gasteiger partial charge in [0.1, 0.15) is 0 Å². The topological polar surface area (TPSA) is 77.4 Å². The van der Waals surface area contributed by atoms with Crippen molar-refractivity contribution in [2.45, 2.75) is 141 Å². The summed E-state index contributed by atoms with van der Waals surface area (Å²) >= 11 is 0. The maximum Gasteiger partial charge on any atom is 1.00 e. The van der Waals surface area contributed by atoms with E-state index in [2.05, 4.69) is 6.92 Å². The number of rotatable bonds is 20. The smallest absolute Gasteiger partial charge is 0.748 e. The molecule has 0 aliphatic rings. The monoisotopic (exact) mass is 428 g/mol. The minimum absolute atomic E-state index is 0. The Morgan fingerprint density at radius 3 is 1.39 bits per heavy atom. The molecule has 1 N–H and O–H groups in total. The van der Waals surface area contributed by atoms with Gasteiger partial charge in [0.05, 0.1) is 16.2 Å². The standard InChI is InChI=1S/C22H46O4S.Na/c1-3-5-6-7-8-9-10-11-12-15-18-21(23)19-16-13-14-17-20-22(4-2)27(24,25)26;/h21-23H,3-20H2,1-2H3,(H,24,25,26);/q;+1/p-1. The molecule has 6 heteroatoms. The number of aliphatic hydroxyl groups is 1. The minimum atomic E-state index is -4.14.